The Morgan fingerprint density at radius 2 is 1.74 bits per heavy atom. The van der Waals surface area contributed by atoms with Crippen molar-refractivity contribution < 1.29 is 13.9 Å². The summed E-state index contributed by atoms with van der Waals surface area (Å²) in [6.07, 6.45) is 2.96. The molecule has 3 nitrogen and oxygen atoms in total. The van der Waals surface area contributed by atoms with Gasteiger partial charge in [0.1, 0.15) is 0 Å². The first-order chi connectivity index (χ1) is 9.33. The number of benzene rings is 1. The van der Waals surface area contributed by atoms with E-state index in [2.05, 4.69) is 0 Å². The van der Waals surface area contributed by atoms with Gasteiger partial charge in [-0.25, -0.2) is 0 Å². The second-order valence-corrected chi connectivity index (χ2v) is 4.87. The summed E-state index contributed by atoms with van der Waals surface area (Å²) in [6.45, 7) is 1.22. The zero-order valence-corrected chi connectivity index (χ0v) is 10.7. The van der Waals surface area contributed by atoms with E-state index in [0.717, 1.165) is 5.56 Å². The molecule has 1 aliphatic heterocycles. The molecule has 0 radical (unpaired) electrons. The first-order valence-electron chi connectivity index (χ1n) is 6.54. The van der Waals surface area contributed by atoms with E-state index in [4.69, 9.17) is 9.15 Å². The molecule has 0 amide bonds. The van der Waals surface area contributed by atoms with Gasteiger partial charge in [-0.15, -0.1) is 0 Å². The summed E-state index contributed by atoms with van der Waals surface area (Å²) in [5.74, 6) is 0.498. The highest BCUT2D eigenvalue weighted by Gasteiger charge is 2.43. The maximum Gasteiger partial charge on any atom is 0.208 e. The van der Waals surface area contributed by atoms with Gasteiger partial charge in [-0.1, -0.05) is 30.3 Å². The van der Waals surface area contributed by atoms with E-state index < -0.39 is 5.41 Å². The normalized spacial score (nSPS) is 18.1. The highest BCUT2D eigenvalue weighted by atomic mass is 16.5. The van der Waals surface area contributed by atoms with Crippen molar-refractivity contribution in [3.05, 3.63) is 60.1 Å². The Bertz CT molecular complexity index is 537. The lowest BCUT2D eigenvalue weighted by Crippen LogP contribution is -2.41. The summed E-state index contributed by atoms with van der Waals surface area (Å²) in [5.41, 5.74) is 0.553. The van der Waals surface area contributed by atoms with Gasteiger partial charge in [0, 0.05) is 13.2 Å². The molecule has 98 valence electrons. The zero-order valence-electron chi connectivity index (χ0n) is 10.7. The van der Waals surface area contributed by atoms with E-state index in [1.165, 1.54) is 0 Å². The monoisotopic (exact) mass is 256 g/mol. The molecule has 2 heterocycles. The fourth-order valence-corrected chi connectivity index (χ4v) is 2.77. The first-order valence-corrected chi connectivity index (χ1v) is 6.54. The van der Waals surface area contributed by atoms with Gasteiger partial charge in [0.2, 0.25) is 5.78 Å². The second kappa shape index (κ2) is 5.02. The van der Waals surface area contributed by atoms with Gasteiger partial charge in [-0.05, 0) is 30.5 Å². The van der Waals surface area contributed by atoms with Gasteiger partial charge in [0.05, 0.1) is 11.7 Å². The van der Waals surface area contributed by atoms with E-state index in [-0.39, 0.29) is 5.78 Å². The lowest BCUT2D eigenvalue weighted by molar-refractivity contribution is 0.0407. The average Bonchev–Trinajstić information content (AvgIpc) is 3.02. The van der Waals surface area contributed by atoms with Crippen LogP contribution >= 0.6 is 0 Å². The van der Waals surface area contributed by atoms with Gasteiger partial charge < -0.3 is 9.15 Å². The number of carbonyl (C=O) groups is 1. The van der Waals surface area contributed by atoms with Gasteiger partial charge in [0.25, 0.3) is 0 Å². The number of ether oxygens (including phenoxy) is 1. The van der Waals surface area contributed by atoms with Crippen molar-refractivity contribution in [3.8, 4) is 0 Å². The molecule has 1 fully saturated rings. The maximum atomic E-state index is 12.8. The van der Waals surface area contributed by atoms with Crippen LogP contribution in [0.1, 0.15) is 29.0 Å². The molecule has 1 aromatic heterocycles. The van der Waals surface area contributed by atoms with E-state index in [0.29, 0.717) is 31.8 Å². The fourth-order valence-electron chi connectivity index (χ4n) is 2.77. The summed E-state index contributed by atoms with van der Waals surface area (Å²) >= 11 is 0. The lowest BCUT2D eigenvalue weighted by Gasteiger charge is -2.35. The molecule has 1 aromatic carbocycles. The summed E-state index contributed by atoms with van der Waals surface area (Å²) < 4.78 is 10.7. The van der Waals surface area contributed by atoms with Crippen LogP contribution in [0.5, 0.6) is 0 Å². The zero-order chi connectivity index (χ0) is 13.1. The third kappa shape index (κ3) is 2.10. The Kier molecular flexibility index (Phi) is 3.22. The van der Waals surface area contributed by atoms with E-state index >= 15 is 0 Å². The van der Waals surface area contributed by atoms with Crippen LogP contribution < -0.4 is 0 Å². The molecule has 1 saturated heterocycles. The van der Waals surface area contributed by atoms with Gasteiger partial charge in [-0.2, -0.15) is 0 Å². The summed E-state index contributed by atoms with van der Waals surface area (Å²) in [7, 11) is 0. The Balaban J connectivity index is 2.04. The van der Waals surface area contributed by atoms with E-state index in [1.807, 2.05) is 30.3 Å². The van der Waals surface area contributed by atoms with Crippen molar-refractivity contribution in [1.29, 1.82) is 0 Å². The Morgan fingerprint density at radius 3 is 2.37 bits per heavy atom. The molecular weight excluding hydrogens is 240 g/mol. The topological polar surface area (TPSA) is 39.4 Å². The van der Waals surface area contributed by atoms with Crippen LogP contribution in [-0.2, 0) is 10.2 Å². The number of rotatable bonds is 3. The summed E-state index contributed by atoms with van der Waals surface area (Å²) in [6, 6.07) is 13.4. The summed E-state index contributed by atoms with van der Waals surface area (Å²) in [5, 5.41) is 0. The molecule has 0 atom stereocenters. The maximum absolute atomic E-state index is 12.8. The van der Waals surface area contributed by atoms with Crippen molar-refractivity contribution in [1.82, 2.24) is 0 Å². The molecule has 0 bridgehead atoms. The van der Waals surface area contributed by atoms with Crippen molar-refractivity contribution in [2.45, 2.75) is 18.3 Å². The quantitative estimate of drug-likeness (QED) is 0.792. The molecule has 0 N–H and O–H groups in total. The minimum atomic E-state index is -0.503. The smallest absolute Gasteiger partial charge is 0.208 e. The minimum absolute atomic E-state index is 0.0620. The predicted octanol–water partition coefficient (Wildman–Crippen LogP) is 3.21. The van der Waals surface area contributed by atoms with E-state index in [1.54, 1.807) is 18.4 Å². The molecule has 3 heteroatoms. The van der Waals surface area contributed by atoms with Crippen LogP contribution in [0.25, 0.3) is 0 Å². The standard InChI is InChI=1S/C16H16O3/c17-15(14-7-4-10-19-14)16(8-11-18-12-9-16)13-5-2-1-3-6-13/h1-7,10H,8-9,11-12H2. The molecule has 0 spiro atoms. The Labute approximate surface area is 112 Å². The molecule has 0 saturated carbocycles. The predicted molar refractivity (Wildman–Crippen MR) is 71.2 cm³/mol. The van der Waals surface area contributed by atoms with Crippen LogP contribution in [0.2, 0.25) is 0 Å². The van der Waals surface area contributed by atoms with Crippen LogP contribution in [-0.4, -0.2) is 19.0 Å². The number of Topliss-reactive ketones (excluding diaryl/α,β-unsaturated/α-hetero) is 1. The van der Waals surface area contributed by atoms with Crippen molar-refractivity contribution in [3.63, 3.8) is 0 Å². The van der Waals surface area contributed by atoms with Crippen LogP contribution in [0.3, 0.4) is 0 Å². The highest BCUT2D eigenvalue weighted by Crippen LogP contribution is 2.38. The van der Waals surface area contributed by atoms with E-state index in [9.17, 15) is 4.79 Å². The average molecular weight is 256 g/mol. The third-order valence-corrected chi connectivity index (χ3v) is 3.85. The molecular formula is C16H16O3. The molecule has 2 aromatic rings. The molecule has 0 unspecified atom stereocenters. The summed E-state index contributed by atoms with van der Waals surface area (Å²) in [4.78, 5) is 12.8. The molecule has 0 aliphatic carbocycles. The van der Waals surface area contributed by atoms with Gasteiger partial charge in [-0.3, -0.25) is 4.79 Å². The molecule has 1 aliphatic rings. The van der Waals surface area contributed by atoms with Crippen LogP contribution in [0.4, 0.5) is 0 Å². The molecule has 3 rings (SSSR count). The largest absolute Gasteiger partial charge is 0.461 e. The highest BCUT2D eigenvalue weighted by molar-refractivity contribution is 6.02. The number of furan rings is 1. The number of carbonyl (C=O) groups excluding carboxylic acids is 1. The van der Waals surface area contributed by atoms with Crippen LogP contribution in [0, 0.1) is 0 Å². The SMILES string of the molecule is O=C(c1ccco1)C1(c2ccccc2)CCOCC1. The van der Waals surface area contributed by atoms with Gasteiger partial charge >= 0.3 is 0 Å². The lowest BCUT2D eigenvalue weighted by atomic mass is 9.70. The first kappa shape index (κ1) is 12.2. The van der Waals surface area contributed by atoms with Crippen molar-refractivity contribution in [2.75, 3.05) is 13.2 Å². The fraction of sp³-hybridized carbons (Fsp3) is 0.312. The minimum Gasteiger partial charge on any atom is -0.461 e. The van der Waals surface area contributed by atoms with Gasteiger partial charge in [0.15, 0.2) is 5.76 Å². The van der Waals surface area contributed by atoms with Crippen LogP contribution in [0.15, 0.2) is 53.1 Å². The Morgan fingerprint density at radius 1 is 1.00 bits per heavy atom. The molecule has 19 heavy (non-hydrogen) atoms. The third-order valence-electron chi connectivity index (χ3n) is 3.85. The van der Waals surface area contributed by atoms with Crippen molar-refractivity contribution in [2.24, 2.45) is 0 Å². The van der Waals surface area contributed by atoms with Crippen molar-refractivity contribution >= 4 is 5.78 Å². The number of ketones is 1. The number of hydrogen-bond donors (Lipinski definition) is 0. The second-order valence-electron chi connectivity index (χ2n) is 4.87. The number of hydrogen-bond acceptors (Lipinski definition) is 3. The Hall–Kier alpha value is -1.87.